The molecule has 1 aliphatic rings. The number of benzene rings is 2. The monoisotopic (exact) mass is 401 g/mol. The lowest BCUT2D eigenvalue weighted by atomic mass is 10.0. The number of H-pyrrole nitrogens is 2. The lowest BCUT2D eigenvalue weighted by Gasteiger charge is -2.15. The Morgan fingerprint density at radius 1 is 1.10 bits per heavy atom. The summed E-state index contributed by atoms with van der Waals surface area (Å²) in [5.74, 6) is -0.902. The third kappa shape index (κ3) is 3.14. The highest BCUT2D eigenvalue weighted by Gasteiger charge is 2.29. The van der Waals surface area contributed by atoms with Crippen LogP contribution in [0.5, 0.6) is 0 Å². The molecule has 0 saturated carbocycles. The van der Waals surface area contributed by atoms with Crippen molar-refractivity contribution in [1.82, 2.24) is 15.1 Å². The molecule has 3 heterocycles. The summed E-state index contributed by atoms with van der Waals surface area (Å²) >= 11 is 0. The van der Waals surface area contributed by atoms with Gasteiger partial charge in [0, 0.05) is 23.4 Å². The van der Waals surface area contributed by atoms with E-state index in [9.17, 15) is 14.0 Å². The van der Waals surface area contributed by atoms with Crippen molar-refractivity contribution in [3.05, 3.63) is 105 Å². The van der Waals surface area contributed by atoms with E-state index in [0.717, 1.165) is 22.2 Å². The zero-order chi connectivity index (χ0) is 20.7. The highest BCUT2D eigenvalue weighted by molar-refractivity contribution is 5.95. The van der Waals surface area contributed by atoms with Gasteiger partial charge >= 0.3 is 0 Å². The van der Waals surface area contributed by atoms with Crippen LogP contribution in [-0.2, 0) is 19.5 Å². The average Bonchev–Trinajstić information content (AvgIpc) is 3.21. The lowest BCUT2D eigenvalue weighted by molar-refractivity contribution is -0.390. The van der Waals surface area contributed by atoms with E-state index in [1.807, 2.05) is 30.5 Å². The number of amides is 1. The van der Waals surface area contributed by atoms with Gasteiger partial charge in [-0.15, -0.1) is 0 Å². The normalized spacial score (nSPS) is 12.9. The fourth-order valence-electron chi connectivity index (χ4n) is 3.91. The molecule has 0 unspecified atom stereocenters. The van der Waals surface area contributed by atoms with Gasteiger partial charge in [0.05, 0.1) is 23.2 Å². The zero-order valence-electron chi connectivity index (χ0n) is 16.0. The number of aromatic nitrogens is 3. The fraction of sp³-hybridized carbons (Fsp3) is 0.130. The van der Waals surface area contributed by atoms with E-state index in [0.29, 0.717) is 30.6 Å². The van der Waals surface area contributed by atoms with Crippen LogP contribution in [0.25, 0.3) is 10.8 Å². The zero-order valence-corrected chi connectivity index (χ0v) is 16.0. The molecule has 0 atom stereocenters. The van der Waals surface area contributed by atoms with Crippen LogP contribution >= 0.6 is 0 Å². The largest absolute Gasteiger partial charge is 0.324 e. The van der Waals surface area contributed by atoms with Crippen molar-refractivity contribution in [3.8, 4) is 0 Å². The molecule has 0 bridgehead atoms. The first-order valence-electron chi connectivity index (χ1n) is 9.62. The van der Waals surface area contributed by atoms with Crippen molar-refractivity contribution in [2.24, 2.45) is 0 Å². The summed E-state index contributed by atoms with van der Waals surface area (Å²) in [4.78, 5) is 29.8. The van der Waals surface area contributed by atoms with E-state index >= 15 is 0 Å². The second-order valence-corrected chi connectivity index (χ2v) is 7.37. The molecule has 0 saturated heterocycles. The van der Waals surface area contributed by atoms with Gasteiger partial charge in [-0.25, -0.2) is 14.5 Å². The maximum absolute atomic E-state index is 14.5. The molecule has 148 valence electrons. The first kappa shape index (κ1) is 18.2. The predicted octanol–water partition coefficient (Wildman–Crippen LogP) is 2.62. The maximum Gasteiger partial charge on any atom is 0.272 e. The third-order valence-corrected chi connectivity index (χ3v) is 5.44. The molecule has 5 rings (SSSR count). The van der Waals surface area contributed by atoms with Crippen molar-refractivity contribution in [2.45, 2.75) is 19.5 Å². The van der Waals surface area contributed by atoms with Gasteiger partial charge in [-0.2, -0.15) is 5.10 Å². The van der Waals surface area contributed by atoms with Crippen LogP contribution in [0.1, 0.15) is 32.9 Å². The summed E-state index contributed by atoms with van der Waals surface area (Å²) < 4.78 is 14.5. The van der Waals surface area contributed by atoms with Gasteiger partial charge in [-0.05, 0) is 29.8 Å². The van der Waals surface area contributed by atoms with Crippen molar-refractivity contribution in [3.63, 3.8) is 0 Å². The molecule has 1 aliphatic heterocycles. The summed E-state index contributed by atoms with van der Waals surface area (Å²) in [6, 6.07) is 15.6. The smallest absolute Gasteiger partial charge is 0.272 e. The lowest BCUT2D eigenvalue weighted by Crippen LogP contribution is -2.27. The number of hydrogen-bond donors (Lipinski definition) is 1. The van der Waals surface area contributed by atoms with Crippen LogP contribution in [0.3, 0.4) is 0 Å². The topological polar surface area (TPSA) is 80.2 Å². The first-order chi connectivity index (χ1) is 14.6. The Morgan fingerprint density at radius 3 is 2.77 bits per heavy atom. The van der Waals surface area contributed by atoms with Gasteiger partial charge in [0.2, 0.25) is 5.69 Å². The molecule has 30 heavy (non-hydrogen) atoms. The number of aromatic amines is 2. The minimum absolute atomic E-state index is 0.0361. The Kier molecular flexibility index (Phi) is 4.35. The van der Waals surface area contributed by atoms with Gasteiger partial charge in [-0.3, -0.25) is 9.59 Å². The molecule has 7 heteroatoms. The molecule has 0 spiro atoms. The molecule has 4 aromatic rings. The number of pyridine rings is 1. The number of nitrogens with zero attached hydrogens (tertiary/aromatic N) is 2. The second-order valence-electron chi connectivity index (χ2n) is 7.37. The summed E-state index contributed by atoms with van der Waals surface area (Å²) in [5.41, 5.74) is 3.19. The summed E-state index contributed by atoms with van der Waals surface area (Å²) in [7, 11) is 0. The minimum atomic E-state index is -0.553. The van der Waals surface area contributed by atoms with Crippen molar-refractivity contribution in [1.29, 1.82) is 0 Å². The molecule has 2 N–H and O–H groups in total. The number of nitrogens with one attached hydrogen (secondary N) is 2. The number of rotatable bonds is 3. The molecule has 2 aromatic heterocycles. The SMILES string of the molecule is O=C(c1cc(Cc2n[nH]c(=O)c3ccccc23)ccc1F)N1Cc2ccc[nH+]c2C1. The maximum atomic E-state index is 14.5. The van der Waals surface area contributed by atoms with Crippen LogP contribution in [0.4, 0.5) is 4.39 Å². The van der Waals surface area contributed by atoms with E-state index in [2.05, 4.69) is 15.2 Å². The Hall–Kier alpha value is -3.87. The fourth-order valence-corrected chi connectivity index (χ4v) is 3.91. The number of carbonyl (C=O) groups excluding carboxylic acids is 1. The summed E-state index contributed by atoms with van der Waals surface area (Å²) in [6.45, 7) is 0.867. The number of fused-ring (bicyclic) bond motifs is 2. The van der Waals surface area contributed by atoms with Crippen LogP contribution in [-0.4, -0.2) is 21.0 Å². The van der Waals surface area contributed by atoms with Gasteiger partial charge in [-0.1, -0.05) is 24.3 Å². The Bertz CT molecular complexity index is 1320. The van der Waals surface area contributed by atoms with Gasteiger partial charge < -0.3 is 4.90 Å². The van der Waals surface area contributed by atoms with E-state index in [-0.39, 0.29) is 17.0 Å². The number of hydrogen-bond acceptors (Lipinski definition) is 3. The molecule has 1 amide bonds. The minimum Gasteiger partial charge on any atom is -0.324 e. The molecule has 2 aromatic carbocycles. The van der Waals surface area contributed by atoms with Gasteiger partial charge in [0.1, 0.15) is 12.4 Å². The van der Waals surface area contributed by atoms with Crippen molar-refractivity contribution < 1.29 is 14.2 Å². The van der Waals surface area contributed by atoms with E-state index in [1.54, 1.807) is 29.2 Å². The predicted molar refractivity (Wildman–Crippen MR) is 108 cm³/mol. The van der Waals surface area contributed by atoms with Crippen molar-refractivity contribution >= 4 is 16.7 Å². The Balaban J connectivity index is 1.46. The van der Waals surface area contributed by atoms with Crippen LogP contribution in [0.15, 0.2) is 65.6 Å². The first-order valence-corrected chi connectivity index (χ1v) is 9.62. The van der Waals surface area contributed by atoms with Crippen molar-refractivity contribution in [2.75, 3.05) is 0 Å². The van der Waals surface area contributed by atoms with Gasteiger partial charge in [0.15, 0.2) is 6.20 Å². The average molecular weight is 401 g/mol. The summed E-state index contributed by atoms with van der Waals surface area (Å²) in [6.07, 6.45) is 2.18. The highest BCUT2D eigenvalue weighted by Crippen LogP contribution is 2.23. The highest BCUT2D eigenvalue weighted by atomic mass is 19.1. The van der Waals surface area contributed by atoms with Crippen LogP contribution in [0.2, 0.25) is 0 Å². The Labute approximate surface area is 171 Å². The molecular weight excluding hydrogens is 383 g/mol. The van der Waals surface area contributed by atoms with E-state index in [4.69, 9.17) is 0 Å². The molecular formula is C23H18FN4O2+. The quantitative estimate of drug-likeness (QED) is 0.573. The van der Waals surface area contributed by atoms with E-state index in [1.165, 1.54) is 6.07 Å². The second kappa shape index (κ2) is 7.18. The Morgan fingerprint density at radius 2 is 1.93 bits per heavy atom. The van der Waals surface area contributed by atoms with E-state index < -0.39 is 5.82 Å². The molecule has 6 nitrogen and oxygen atoms in total. The molecule has 0 fully saturated rings. The third-order valence-electron chi connectivity index (χ3n) is 5.44. The van der Waals surface area contributed by atoms with Crippen LogP contribution in [0, 0.1) is 5.82 Å². The number of halogens is 1. The van der Waals surface area contributed by atoms with Crippen LogP contribution < -0.4 is 10.5 Å². The van der Waals surface area contributed by atoms with Gasteiger partial charge in [0.25, 0.3) is 11.5 Å². The molecule has 0 aliphatic carbocycles. The standard InChI is InChI=1S/C23H17FN4O2/c24-19-8-7-14(11-20-16-5-1-2-6-17(16)22(29)27-26-20)10-18(19)23(30)28-12-15-4-3-9-25-21(15)13-28/h1-10H,11-13H2,(H,27,29)/p+1. The summed E-state index contributed by atoms with van der Waals surface area (Å²) in [5, 5.41) is 7.97. The molecule has 0 radical (unpaired) electrons. The number of carbonyl (C=O) groups is 1.